The highest BCUT2D eigenvalue weighted by atomic mass is 16.5. The molecule has 0 amide bonds. The minimum absolute atomic E-state index is 0.0813. The molecule has 1 aliphatic heterocycles. The third-order valence-electron chi connectivity index (χ3n) is 4.62. The zero-order valence-electron chi connectivity index (χ0n) is 15.3. The van der Waals surface area contributed by atoms with Crippen LogP contribution in [0.1, 0.15) is 84.1 Å². The van der Waals surface area contributed by atoms with E-state index in [1.165, 1.54) is 12.0 Å². The minimum Gasteiger partial charge on any atom is -0.507 e. The van der Waals surface area contributed by atoms with E-state index in [1.54, 1.807) is 0 Å². The van der Waals surface area contributed by atoms with E-state index in [0.717, 1.165) is 24.2 Å². The van der Waals surface area contributed by atoms with Crippen molar-refractivity contribution < 1.29 is 9.84 Å². The molecule has 2 nitrogen and oxygen atoms in total. The van der Waals surface area contributed by atoms with Gasteiger partial charge >= 0.3 is 0 Å². The van der Waals surface area contributed by atoms with E-state index in [2.05, 4.69) is 60.6 Å². The van der Waals surface area contributed by atoms with Gasteiger partial charge in [0, 0.05) is 6.61 Å². The molecular weight excluding hydrogens is 272 g/mol. The van der Waals surface area contributed by atoms with E-state index < -0.39 is 0 Å². The summed E-state index contributed by atoms with van der Waals surface area (Å²) in [4.78, 5) is 0. The molecule has 0 radical (unpaired) electrons. The Kier molecular flexibility index (Phi) is 4.64. The molecule has 2 heteroatoms. The van der Waals surface area contributed by atoms with Gasteiger partial charge in [0.05, 0.1) is 6.10 Å². The number of phenols is 1. The van der Waals surface area contributed by atoms with Crippen molar-refractivity contribution in [2.75, 3.05) is 6.61 Å². The van der Waals surface area contributed by atoms with Gasteiger partial charge in [-0.05, 0) is 58.4 Å². The highest BCUT2D eigenvalue weighted by Crippen LogP contribution is 2.42. The maximum atomic E-state index is 10.8. The van der Waals surface area contributed by atoms with E-state index in [0.29, 0.717) is 11.7 Å². The molecule has 1 aliphatic rings. The number of rotatable bonds is 1. The molecule has 1 fully saturated rings. The molecule has 1 heterocycles. The first-order chi connectivity index (χ1) is 10.00. The number of ether oxygens (including phenoxy) is 1. The predicted molar refractivity (Wildman–Crippen MR) is 92.6 cm³/mol. The molecule has 0 aliphatic carbocycles. The Morgan fingerprint density at radius 3 is 1.82 bits per heavy atom. The van der Waals surface area contributed by atoms with Crippen LogP contribution in [0.25, 0.3) is 0 Å². The average molecular weight is 304 g/mol. The molecule has 22 heavy (non-hydrogen) atoms. The molecule has 1 aromatic carbocycles. The molecule has 0 saturated carbocycles. The first-order valence-electron chi connectivity index (χ1n) is 8.49. The van der Waals surface area contributed by atoms with Crippen molar-refractivity contribution in [2.24, 2.45) is 5.92 Å². The molecule has 2 rings (SSSR count). The highest BCUT2D eigenvalue weighted by molar-refractivity contribution is 5.50. The maximum Gasteiger partial charge on any atom is 0.123 e. The van der Waals surface area contributed by atoms with Crippen molar-refractivity contribution in [2.45, 2.75) is 78.2 Å². The van der Waals surface area contributed by atoms with Crippen LogP contribution in [0.4, 0.5) is 0 Å². The molecule has 0 spiro atoms. The Hall–Kier alpha value is -1.02. The predicted octanol–water partition coefficient (Wildman–Crippen LogP) is 5.47. The number of phenolic OH excluding ortho intramolecular Hbond substituents is 1. The fourth-order valence-electron chi connectivity index (χ4n) is 3.13. The van der Waals surface area contributed by atoms with Crippen LogP contribution in [0, 0.1) is 5.92 Å². The Balaban J connectivity index is 2.51. The van der Waals surface area contributed by atoms with Crippen molar-refractivity contribution >= 4 is 0 Å². The third-order valence-corrected chi connectivity index (χ3v) is 4.62. The monoisotopic (exact) mass is 304 g/mol. The van der Waals surface area contributed by atoms with Gasteiger partial charge in [0.15, 0.2) is 0 Å². The van der Waals surface area contributed by atoms with Crippen molar-refractivity contribution in [1.82, 2.24) is 0 Å². The van der Waals surface area contributed by atoms with Crippen LogP contribution < -0.4 is 0 Å². The van der Waals surface area contributed by atoms with Gasteiger partial charge in [0.2, 0.25) is 0 Å². The van der Waals surface area contributed by atoms with E-state index >= 15 is 0 Å². The molecule has 2 unspecified atom stereocenters. The molecule has 1 N–H and O–H groups in total. The van der Waals surface area contributed by atoms with Gasteiger partial charge in [-0.15, -0.1) is 0 Å². The lowest BCUT2D eigenvalue weighted by Gasteiger charge is -2.32. The second-order valence-electron chi connectivity index (χ2n) is 8.97. The van der Waals surface area contributed by atoms with Crippen LogP contribution in [0.5, 0.6) is 5.75 Å². The summed E-state index contributed by atoms with van der Waals surface area (Å²) >= 11 is 0. The van der Waals surface area contributed by atoms with Gasteiger partial charge in [-0.3, -0.25) is 0 Å². The standard InChI is InChI=1S/C20H32O2/c1-13-8-9-17(22-12-13)14-10-15(19(2,3)4)18(21)16(11-14)20(5,6)7/h10-11,13,17,21H,8-9,12H2,1-7H3. The van der Waals surface area contributed by atoms with Crippen LogP contribution in [-0.2, 0) is 15.6 Å². The van der Waals surface area contributed by atoms with Crippen LogP contribution in [0.2, 0.25) is 0 Å². The lowest BCUT2D eigenvalue weighted by molar-refractivity contribution is -0.0125. The normalized spacial score (nSPS) is 23.6. The zero-order chi connectivity index (χ0) is 16.7. The van der Waals surface area contributed by atoms with Crippen LogP contribution >= 0.6 is 0 Å². The average Bonchev–Trinajstić information content (AvgIpc) is 2.37. The van der Waals surface area contributed by atoms with Gasteiger partial charge in [-0.2, -0.15) is 0 Å². The van der Waals surface area contributed by atoms with E-state index in [4.69, 9.17) is 4.74 Å². The summed E-state index contributed by atoms with van der Waals surface area (Å²) in [5.74, 6) is 1.10. The molecule has 124 valence electrons. The number of aromatic hydroxyl groups is 1. The molecule has 0 aromatic heterocycles. The lowest BCUT2D eigenvalue weighted by Crippen LogP contribution is -2.22. The zero-order valence-corrected chi connectivity index (χ0v) is 15.3. The van der Waals surface area contributed by atoms with Gasteiger partial charge in [0.25, 0.3) is 0 Å². The second-order valence-corrected chi connectivity index (χ2v) is 8.97. The minimum atomic E-state index is -0.0813. The summed E-state index contributed by atoms with van der Waals surface area (Å²) in [6.45, 7) is 16.0. The molecule has 0 bridgehead atoms. The maximum absolute atomic E-state index is 10.8. The van der Waals surface area contributed by atoms with Crippen molar-refractivity contribution in [3.8, 4) is 5.75 Å². The van der Waals surface area contributed by atoms with Crippen LogP contribution in [0.3, 0.4) is 0 Å². The van der Waals surface area contributed by atoms with Crippen molar-refractivity contribution in [3.63, 3.8) is 0 Å². The Bertz CT molecular complexity index is 489. The van der Waals surface area contributed by atoms with Crippen LogP contribution in [-0.4, -0.2) is 11.7 Å². The van der Waals surface area contributed by atoms with Crippen molar-refractivity contribution in [3.05, 3.63) is 28.8 Å². The summed E-state index contributed by atoms with van der Waals surface area (Å²) in [6, 6.07) is 4.32. The van der Waals surface area contributed by atoms with Gasteiger partial charge < -0.3 is 9.84 Å². The SMILES string of the molecule is CC1CCC(c2cc(C(C)(C)C)c(O)c(C(C)(C)C)c2)OC1. The Labute approximate surface area is 135 Å². The van der Waals surface area contributed by atoms with E-state index in [9.17, 15) is 5.11 Å². The first-order valence-corrected chi connectivity index (χ1v) is 8.49. The van der Waals surface area contributed by atoms with Gasteiger partial charge in [-0.25, -0.2) is 0 Å². The van der Waals surface area contributed by atoms with E-state index in [-0.39, 0.29) is 16.9 Å². The topological polar surface area (TPSA) is 29.5 Å². The van der Waals surface area contributed by atoms with Gasteiger partial charge in [0.1, 0.15) is 5.75 Å². The number of hydrogen-bond donors (Lipinski definition) is 1. The third kappa shape index (κ3) is 3.65. The summed E-state index contributed by atoms with van der Waals surface area (Å²) in [5, 5.41) is 10.8. The van der Waals surface area contributed by atoms with E-state index in [1.807, 2.05) is 0 Å². The molecule has 1 saturated heterocycles. The lowest BCUT2D eigenvalue weighted by atomic mass is 9.77. The quantitative estimate of drug-likeness (QED) is 0.745. The Morgan fingerprint density at radius 2 is 1.45 bits per heavy atom. The number of hydrogen-bond acceptors (Lipinski definition) is 2. The Morgan fingerprint density at radius 1 is 0.955 bits per heavy atom. The highest BCUT2D eigenvalue weighted by Gasteiger charge is 2.29. The van der Waals surface area contributed by atoms with Crippen LogP contribution in [0.15, 0.2) is 12.1 Å². The second kappa shape index (κ2) is 5.88. The fraction of sp³-hybridized carbons (Fsp3) is 0.700. The summed E-state index contributed by atoms with van der Waals surface area (Å²) in [7, 11) is 0. The number of benzene rings is 1. The summed E-state index contributed by atoms with van der Waals surface area (Å²) < 4.78 is 6.07. The fourth-order valence-corrected chi connectivity index (χ4v) is 3.13. The van der Waals surface area contributed by atoms with Gasteiger partial charge in [-0.1, -0.05) is 48.5 Å². The largest absolute Gasteiger partial charge is 0.507 e. The molecule has 1 aromatic rings. The smallest absolute Gasteiger partial charge is 0.123 e. The molecular formula is C20H32O2. The summed E-state index contributed by atoms with van der Waals surface area (Å²) in [6.07, 6.45) is 2.44. The van der Waals surface area contributed by atoms with Crippen molar-refractivity contribution in [1.29, 1.82) is 0 Å². The summed E-state index contributed by atoms with van der Waals surface area (Å²) in [5.41, 5.74) is 3.11. The first kappa shape index (κ1) is 17.3. The molecule has 2 atom stereocenters.